The number of nitrogens with zero attached hydrogens (tertiary/aromatic N) is 3. The van der Waals surface area contributed by atoms with Crippen LogP contribution in [0.5, 0.6) is 0 Å². The Bertz CT molecular complexity index is 4110. The van der Waals surface area contributed by atoms with Gasteiger partial charge in [0.15, 0.2) is 0 Å². The zero-order chi connectivity index (χ0) is 37.6. The molecule has 0 atom stereocenters. The van der Waals surface area contributed by atoms with Crippen molar-refractivity contribution in [1.29, 1.82) is 0 Å². The summed E-state index contributed by atoms with van der Waals surface area (Å²) in [6.45, 7) is 0. The van der Waals surface area contributed by atoms with Gasteiger partial charge in [-0.2, -0.15) is 4.98 Å². The van der Waals surface area contributed by atoms with Gasteiger partial charge >= 0.3 is 0 Å². The van der Waals surface area contributed by atoms with Gasteiger partial charge in [0, 0.05) is 48.0 Å². The quantitative estimate of drug-likeness (QED) is 0.176. The van der Waals surface area contributed by atoms with E-state index in [0.29, 0.717) is 11.7 Å². The first-order chi connectivity index (χ1) is 28.8. The number of hydrogen-bond acceptors (Lipinski definition) is 5. The average Bonchev–Trinajstić information content (AvgIpc) is 4.05. The second-order valence-corrected chi connectivity index (χ2v) is 16.3. The summed E-state index contributed by atoms with van der Waals surface area (Å²) in [4.78, 5) is 11.0. The Kier molecular flexibility index (Phi) is 5.85. The van der Waals surface area contributed by atoms with E-state index in [-0.39, 0.29) is 0 Å². The Balaban J connectivity index is 1.18. The maximum absolute atomic E-state index is 6.67. The Morgan fingerprint density at radius 3 is 1.90 bits per heavy atom. The third-order valence-electron chi connectivity index (χ3n) is 12.2. The summed E-state index contributed by atoms with van der Waals surface area (Å²) in [5.41, 5.74) is 6.96. The second-order valence-electron chi connectivity index (χ2n) is 15.2. The molecule has 0 N–H and O–H groups in total. The molecule has 0 radical (unpaired) electrons. The standard InChI is InChI=1S/C52H27N3O2S/c1-3-13-31-29(12-1)22-26-41-43(31)37-27-30(23-25-40(37)56-41)48-47-35-17-7-9-19-39(35)57-51(47)54-52(53-48)55-38-24-21-28-11-2-4-14-32(28)45(38)46-34-16-6-5-15-33(34)44-36-18-8-10-20-42(36)58-50(44)49(46)55/h1-27H. The topological polar surface area (TPSA) is 57.0 Å². The molecule has 14 aromatic rings. The summed E-state index contributed by atoms with van der Waals surface area (Å²) in [6, 6.07) is 58.1. The minimum absolute atomic E-state index is 0.549. The smallest absolute Gasteiger partial charge is 0.238 e. The lowest BCUT2D eigenvalue weighted by molar-refractivity contribution is 0.651. The van der Waals surface area contributed by atoms with E-state index in [9.17, 15) is 0 Å². The van der Waals surface area contributed by atoms with Crippen molar-refractivity contribution in [3.05, 3.63) is 164 Å². The van der Waals surface area contributed by atoms with E-state index in [1.807, 2.05) is 23.5 Å². The van der Waals surface area contributed by atoms with E-state index in [2.05, 4.69) is 156 Å². The fraction of sp³-hybridized carbons (Fsp3) is 0. The number of benzene rings is 9. The number of para-hydroxylation sites is 1. The van der Waals surface area contributed by atoms with Gasteiger partial charge < -0.3 is 8.83 Å². The first-order valence-corrected chi connectivity index (χ1v) is 20.3. The summed E-state index contributed by atoms with van der Waals surface area (Å²) >= 11 is 1.84. The molecule has 0 aliphatic carbocycles. The molecule has 5 aromatic heterocycles. The summed E-state index contributed by atoms with van der Waals surface area (Å²) in [7, 11) is 0. The van der Waals surface area contributed by atoms with Gasteiger partial charge in [0.25, 0.3) is 0 Å². The van der Waals surface area contributed by atoms with Gasteiger partial charge in [-0.05, 0) is 74.8 Å². The Morgan fingerprint density at radius 2 is 1.07 bits per heavy atom. The Hall–Kier alpha value is -7.54. The molecule has 268 valence electrons. The molecular formula is C52H27N3O2S. The number of thiophene rings is 1. The molecule has 5 heterocycles. The minimum Gasteiger partial charge on any atom is -0.456 e. The molecule has 58 heavy (non-hydrogen) atoms. The van der Waals surface area contributed by atoms with Crippen LogP contribution in [0.3, 0.4) is 0 Å². The SMILES string of the molecule is c1ccc2c(c1)ccc1oc3ccc(-c4nc(-n5c6ccc7ccccc7c6c6c7ccccc7c7c8ccccc8sc7c65)nc5oc6ccccc6c45)cc3c12. The highest BCUT2D eigenvalue weighted by atomic mass is 32.1. The van der Waals surface area contributed by atoms with Crippen LogP contribution >= 0.6 is 11.3 Å². The Labute approximate surface area is 332 Å². The monoisotopic (exact) mass is 757 g/mol. The van der Waals surface area contributed by atoms with Crippen molar-refractivity contribution < 1.29 is 8.83 Å². The van der Waals surface area contributed by atoms with Crippen LogP contribution in [0.15, 0.2) is 173 Å². The number of rotatable bonds is 2. The highest BCUT2D eigenvalue weighted by molar-refractivity contribution is 7.27. The molecule has 0 unspecified atom stereocenters. The van der Waals surface area contributed by atoms with Crippen molar-refractivity contribution in [2.45, 2.75) is 0 Å². The van der Waals surface area contributed by atoms with Crippen molar-refractivity contribution in [3.8, 4) is 17.2 Å². The molecule has 6 heteroatoms. The van der Waals surface area contributed by atoms with Crippen LogP contribution in [0, 0.1) is 0 Å². The molecule has 0 spiro atoms. The van der Waals surface area contributed by atoms with Crippen LogP contribution in [-0.4, -0.2) is 14.5 Å². The van der Waals surface area contributed by atoms with E-state index in [1.54, 1.807) is 0 Å². The van der Waals surface area contributed by atoms with Crippen molar-refractivity contribution in [2.75, 3.05) is 0 Å². The molecule has 0 fully saturated rings. The van der Waals surface area contributed by atoms with Crippen LogP contribution in [0.25, 0.3) is 136 Å². The van der Waals surface area contributed by atoms with E-state index in [4.69, 9.17) is 18.8 Å². The van der Waals surface area contributed by atoms with Crippen LogP contribution in [0.4, 0.5) is 0 Å². The van der Waals surface area contributed by atoms with Crippen LogP contribution in [0.1, 0.15) is 0 Å². The highest BCUT2D eigenvalue weighted by Gasteiger charge is 2.26. The molecular weight excluding hydrogens is 731 g/mol. The fourth-order valence-electron chi connectivity index (χ4n) is 9.76. The zero-order valence-electron chi connectivity index (χ0n) is 30.7. The normalized spacial score (nSPS) is 12.5. The third kappa shape index (κ3) is 3.94. The zero-order valence-corrected chi connectivity index (χ0v) is 31.5. The first kappa shape index (κ1) is 30.7. The molecule has 0 aliphatic rings. The van der Waals surface area contributed by atoms with Crippen molar-refractivity contribution in [1.82, 2.24) is 14.5 Å². The lowest BCUT2D eigenvalue weighted by Gasteiger charge is -2.11. The van der Waals surface area contributed by atoms with E-state index in [1.165, 1.54) is 57.9 Å². The van der Waals surface area contributed by atoms with Gasteiger partial charge in [-0.1, -0.05) is 121 Å². The average molecular weight is 758 g/mol. The summed E-state index contributed by atoms with van der Waals surface area (Å²) in [5, 5.41) is 16.1. The summed E-state index contributed by atoms with van der Waals surface area (Å²) in [6.07, 6.45) is 0. The maximum Gasteiger partial charge on any atom is 0.238 e. The predicted molar refractivity (Wildman–Crippen MR) is 242 cm³/mol. The number of hydrogen-bond donors (Lipinski definition) is 0. The molecule has 0 aliphatic heterocycles. The fourth-order valence-corrected chi connectivity index (χ4v) is 11.0. The van der Waals surface area contributed by atoms with Crippen LogP contribution in [0.2, 0.25) is 0 Å². The van der Waals surface area contributed by atoms with Gasteiger partial charge in [0.05, 0.1) is 26.8 Å². The number of furan rings is 2. The Morgan fingerprint density at radius 1 is 0.431 bits per heavy atom. The largest absolute Gasteiger partial charge is 0.456 e. The molecule has 14 rings (SSSR count). The van der Waals surface area contributed by atoms with Crippen molar-refractivity contribution in [3.63, 3.8) is 0 Å². The van der Waals surface area contributed by atoms with Crippen LogP contribution < -0.4 is 0 Å². The number of fused-ring (bicyclic) bond motifs is 20. The van der Waals surface area contributed by atoms with E-state index in [0.717, 1.165) is 66.0 Å². The third-order valence-corrected chi connectivity index (χ3v) is 13.4. The van der Waals surface area contributed by atoms with Gasteiger partial charge in [0.1, 0.15) is 16.7 Å². The molecule has 5 nitrogen and oxygen atoms in total. The molecule has 0 bridgehead atoms. The molecule has 0 saturated carbocycles. The predicted octanol–water partition coefficient (Wildman–Crippen LogP) is 14.9. The van der Waals surface area contributed by atoms with E-state index >= 15 is 0 Å². The summed E-state index contributed by atoms with van der Waals surface area (Å²) < 4.78 is 17.9. The lowest BCUT2D eigenvalue weighted by Crippen LogP contribution is -2.03. The van der Waals surface area contributed by atoms with Crippen LogP contribution in [-0.2, 0) is 0 Å². The lowest BCUT2D eigenvalue weighted by atomic mass is 9.97. The second kappa shape index (κ2) is 11.1. The summed E-state index contributed by atoms with van der Waals surface area (Å²) in [5.74, 6) is 0.563. The van der Waals surface area contributed by atoms with Crippen molar-refractivity contribution >= 4 is 130 Å². The number of aromatic nitrogens is 3. The molecule has 0 saturated heterocycles. The van der Waals surface area contributed by atoms with E-state index < -0.39 is 0 Å². The minimum atomic E-state index is 0.549. The van der Waals surface area contributed by atoms with Gasteiger partial charge in [0.2, 0.25) is 11.7 Å². The van der Waals surface area contributed by atoms with Crippen molar-refractivity contribution in [2.24, 2.45) is 0 Å². The van der Waals surface area contributed by atoms with Gasteiger partial charge in [-0.3, -0.25) is 4.57 Å². The highest BCUT2D eigenvalue weighted by Crippen LogP contribution is 2.49. The van der Waals surface area contributed by atoms with Gasteiger partial charge in [-0.25, -0.2) is 4.98 Å². The maximum atomic E-state index is 6.67. The van der Waals surface area contributed by atoms with Gasteiger partial charge in [-0.15, -0.1) is 11.3 Å². The first-order valence-electron chi connectivity index (χ1n) is 19.5. The molecule has 9 aromatic carbocycles. The molecule has 0 amide bonds.